The highest BCUT2D eigenvalue weighted by Crippen LogP contribution is 2.29. The number of nitrogens with two attached hydrogens (primary N) is 1. The molecule has 1 aliphatic heterocycles. The number of nitrogens with zero attached hydrogens (tertiary/aromatic N) is 5. The van der Waals surface area contributed by atoms with Crippen molar-refractivity contribution in [2.24, 2.45) is 5.73 Å². The average Bonchev–Trinajstić information content (AvgIpc) is 3.21. The van der Waals surface area contributed by atoms with E-state index in [9.17, 15) is 0 Å². The predicted molar refractivity (Wildman–Crippen MR) is 96.5 cm³/mol. The number of anilines is 1. The van der Waals surface area contributed by atoms with Crippen molar-refractivity contribution >= 4 is 39.1 Å². The molecule has 1 fully saturated rings. The Kier molecular flexibility index (Phi) is 5.30. The predicted octanol–water partition coefficient (Wildman–Crippen LogP) is 1.88. The zero-order chi connectivity index (χ0) is 15.6. The maximum absolute atomic E-state index is 5.49. The Hall–Kier alpha value is -1.74. The van der Waals surface area contributed by atoms with Gasteiger partial charge in [0.1, 0.15) is 0 Å². The van der Waals surface area contributed by atoms with Crippen LogP contribution in [-0.2, 0) is 13.1 Å². The first-order chi connectivity index (χ1) is 11.3. The molecule has 9 heteroatoms. The molecule has 2 N–H and O–H groups in total. The summed E-state index contributed by atoms with van der Waals surface area (Å²) in [6, 6.07) is 8.28. The van der Waals surface area contributed by atoms with Gasteiger partial charge < -0.3 is 15.2 Å². The summed E-state index contributed by atoms with van der Waals surface area (Å²) in [5, 5.41) is 5.06. The average molecular weight is 367 g/mol. The molecule has 7 nitrogen and oxygen atoms in total. The molecule has 3 heterocycles. The van der Waals surface area contributed by atoms with E-state index in [-0.39, 0.29) is 12.4 Å². The molecule has 0 bridgehead atoms. The van der Waals surface area contributed by atoms with E-state index >= 15 is 0 Å². The van der Waals surface area contributed by atoms with Gasteiger partial charge in [-0.15, -0.1) is 12.4 Å². The van der Waals surface area contributed by atoms with Gasteiger partial charge in [0.15, 0.2) is 11.0 Å². The third kappa shape index (κ3) is 3.51. The molecule has 0 saturated carbocycles. The van der Waals surface area contributed by atoms with Crippen molar-refractivity contribution in [2.75, 3.05) is 31.1 Å². The zero-order valence-electron chi connectivity index (χ0n) is 13.1. The molecule has 2 aromatic heterocycles. The maximum Gasteiger partial charge on any atom is 0.240 e. The first kappa shape index (κ1) is 17.1. The topological polar surface area (TPSA) is 84.3 Å². The van der Waals surface area contributed by atoms with E-state index < -0.39 is 0 Å². The van der Waals surface area contributed by atoms with Crippen molar-refractivity contribution < 1.29 is 4.52 Å². The first-order valence-electron chi connectivity index (χ1n) is 7.66. The number of para-hydroxylation sites is 1. The normalized spacial score (nSPS) is 15.6. The lowest BCUT2D eigenvalue weighted by atomic mass is 10.3. The molecular weight excluding hydrogens is 348 g/mol. The molecule has 0 radical (unpaired) electrons. The van der Waals surface area contributed by atoms with Crippen molar-refractivity contribution in [2.45, 2.75) is 13.1 Å². The second kappa shape index (κ2) is 7.43. The van der Waals surface area contributed by atoms with Crippen molar-refractivity contribution in [1.29, 1.82) is 0 Å². The Labute approximate surface area is 149 Å². The molecule has 24 heavy (non-hydrogen) atoms. The minimum atomic E-state index is 0. The molecule has 1 aromatic carbocycles. The quantitative estimate of drug-likeness (QED) is 0.754. The number of hydrogen-bond acceptors (Lipinski definition) is 8. The van der Waals surface area contributed by atoms with Crippen LogP contribution in [0.1, 0.15) is 11.7 Å². The summed E-state index contributed by atoms with van der Waals surface area (Å²) in [5.41, 5.74) is 6.57. The van der Waals surface area contributed by atoms with Gasteiger partial charge in [-0.05, 0) is 12.1 Å². The highest BCUT2D eigenvalue weighted by atomic mass is 35.5. The first-order valence-corrected chi connectivity index (χ1v) is 8.48. The van der Waals surface area contributed by atoms with E-state index in [4.69, 9.17) is 15.2 Å². The number of fused-ring (bicyclic) bond motifs is 1. The molecule has 0 amide bonds. The second-order valence-electron chi connectivity index (χ2n) is 5.54. The van der Waals surface area contributed by atoms with E-state index in [0.29, 0.717) is 24.8 Å². The van der Waals surface area contributed by atoms with E-state index in [0.717, 1.165) is 36.8 Å². The number of halogens is 1. The van der Waals surface area contributed by atoms with Crippen molar-refractivity contribution in [3.8, 4) is 0 Å². The summed E-state index contributed by atoms with van der Waals surface area (Å²) < 4.78 is 6.29. The SMILES string of the molecule is Cl.NCc1nc(CN2CCN(c3nc4ccccc4s3)CC2)no1. The fraction of sp³-hybridized carbons (Fsp3) is 0.400. The standard InChI is InChI=1S/C15H18N6OS.ClH/c16-9-14-18-13(19-22-14)10-20-5-7-21(8-6-20)15-17-11-3-1-2-4-12(11)23-15;/h1-4H,5-10,16H2;1H. The summed E-state index contributed by atoms with van der Waals surface area (Å²) in [6.07, 6.45) is 0. The van der Waals surface area contributed by atoms with Crippen LogP contribution in [0.2, 0.25) is 0 Å². The number of thiazole rings is 1. The lowest BCUT2D eigenvalue weighted by molar-refractivity contribution is 0.240. The third-order valence-electron chi connectivity index (χ3n) is 3.98. The van der Waals surface area contributed by atoms with Crippen LogP contribution in [0, 0.1) is 0 Å². The summed E-state index contributed by atoms with van der Waals surface area (Å²) in [7, 11) is 0. The lowest BCUT2D eigenvalue weighted by Crippen LogP contribution is -2.46. The van der Waals surface area contributed by atoms with Crippen molar-refractivity contribution in [3.63, 3.8) is 0 Å². The van der Waals surface area contributed by atoms with Gasteiger partial charge in [-0.1, -0.05) is 28.6 Å². The Morgan fingerprint density at radius 3 is 2.62 bits per heavy atom. The number of piperazine rings is 1. The number of hydrogen-bond donors (Lipinski definition) is 1. The minimum absolute atomic E-state index is 0. The van der Waals surface area contributed by atoms with Gasteiger partial charge in [-0.3, -0.25) is 4.90 Å². The van der Waals surface area contributed by atoms with Gasteiger partial charge in [0.25, 0.3) is 0 Å². The molecule has 1 saturated heterocycles. The third-order valence-corrected chi connectivity index (χ3v) is 5.07. The van der Waals surface area contributed by atoms with Crippen LogP contribution in [0.25, 0.3) is 10.2 Å². The lowest BCUT2D eigenvalue weighted by Gasteiger charge is -2.33. The molecule has 0 spiro atoms. The molecule has 1 aliphatic rings. The Morgan fingerprint density at radius 1 is 1.12 bits per heavy atom. The zero-order valence-corrected chi connectivity index (χ0v) is 14.7. The van der Waals surface area contributed by atoms with Gasteiger partial charge >= 0.3 is 0 Å². The Balaban J connectivity index is 0.00000169. The summed E-state index contributed by atoms with van der Waals surface area (Å²) >= 11 is 1.76. The highest BCUT2D eigenvalue weighted by Gasteiger charge is 2.21. The highest BCUT2D eigenvalue weighted by molar-refractivity contribution is 7.22. The minimum Gasteiger partial charge on any atom is -0.345 e. The van der Waals surface area contributed by atoms with Crippen LogP contribution in [-0.4, -0.2) is 46.2 Å². The van der Waals surface area contributed by atoms with E-state index in [1.807, 2.05) is 6.07 Å². The van der Waals surface area contributed by atoms with Gasteiger partial charge in [0.05, 0.1) is 23.3 Å². The molecule has 0 unspecified atom stereocenters. The molecule has 4 rings (SSSR count). The van der Waals surface area contributed by atoms with E-state index in [1.54, 1.807) is 11.3 Å². The van der Waals surface area contributed by atoms with E-state index in [1.165, 1.54) is 4.70 Å². The van der Waals surface area contributed by atoms with Gasteiger partial charge in [-0.2, -0.15) is 4.98 Å². The molecule has 128 valence electrons. The fourth-order valence-corrected chi connectivity index (χ4v) is 3.75. The molecule has 0 atom stereocenters. The maximum atomic E-state index is 5.49. The summed E-state index contributed by atoms with van der Waals surface area (Å²) in [4.78, 5) is 13.7. The summed E-state index contributed by atoms with van der Waals surface area (Å²) in [5.74, 6) is 1.20. The van der Waals surface area contributed by atoms with Crippen LogP contribution in [0.4, 0.5) is 5.13 Å². The van der Waals surface area contributed by atoms with Crippen LogP contribution >= 0.6 is 23.7 Å². The van der Waals surface area contributed by atoms with Crippen LogP contribution < -0.4 is 10.6 Å². The number of rotatable bonds is 4. The van der Waals surface area contributed by atoms with Crippen LogP contribution in [0.5, 0.6) is 0 Å². The molecule has 0 aliphatic carbocycles. The van der Waals surface area contributed by atoms with Crippen LogP contribution in [0.3, 0.4) is 0 Å². The largest absolute Gasteiger partial charge is 0.345 e. The van der Waals surface area contributed by atoms with Gasteiger partial charge in [0, 0.05) is 26.2 Å². The molecule has 3 aromatic rings. The Morgan fingerprint density at radius 2 is 1.92 bits per heavy atom. The summed E-state index contributed by atoms with van der Waals surface area (Å²) in [6.45, 7) is 4.84. The van der Waals surface area contributed by atoms with Gasteiger partial charge in [0.2, 0.25) is 5.89 Å². The van der Waals surface area contributed by atoms with Crippen molar-refractivity contribution in [1.82, 2.24) is 20.0 Å². The number of benzene rings is 1. The smallest absolute Gasteiger partial charge is 0.240 e. The molecular formula is C15H19ClN6OS. The Bertz CT molecular complexity index is 765. The van der Waals surface area contributed by atoms with E-state index in [2.05, 4.69) is 38.1 Å². The van der Waals surface area contributed by atoms with Crippen LogP contribution in [0.15, 0.2) is 28.8 Å². The number of aromatic nitrogens is 3. The fourth-order valence-electron chi connectivity index (χ4n) is 2.73. The van der Waals surface area contributed by atoms with Gasteiger partial charge in [-0.25, -0.2) is 4.98 Å². The van der Waals surface area contributed by atoms with Crippen molar-refractivity contribution in [3.05, 3.63) is 36.0 Å². The monoisotopic (exact) mass is 366 g/mol. The second-order valence-corrected chi connectivity index (χ2v) is 6.54.